The van der Waals surface area contributed by atoms with Gasteiger partial charge in [0.05, 0.1) is 12.4 Å². The number of halogens is 1. The molecule has 0 fully saturated rings. The number of hydrogen-bond acceptors (Lipinski definition) is 2. The first-order valence-corrected chi connectivity index (χ1v) is 3.88. The average molecular weight is 201 g/mol. The normalized spacial score (nSPS) is 23.3. The molecule has 0 aromatic heterocycles. The maximum atomic E-state index is 4.18. The van der Waals surface area contributed by atoms with Crippen LogP contribution in [-0.4, -0.2) is 12.4 Å². The molecule has 0 amide bonds. The Morgan fingerprint density at radius 3 is 3.30 bits per heavy atom. The highest BCUT2D eigenvalue weighted by Crippen LogP contribution is 2.18. The number of hydrogen-bond donors (Lipinski definition) is 1. The third-order valence-electron chi connectivity index (χ3n) is 1.26. The van der Waals surface area contributed by atoms with Crippen molar-refractivity contribution in [2.75, 3.05) is 0 Å². The fourth-order valence-electron chi connectivity index (χ4n) is 0.749. The Hall–Kier alpha value is -0.570. The average Bonchev–Trinajstić information content (AvgIpc) is 1.94. The van der Waals surface area contributed by atoms with E-state index in [0.29, 0.717) is 0 Å². The molecule has 0 saturated carbocycles. The summed E-state index contributed by atoms with van der Waals surface area (Å²) in [5.74, 6) is 0. The second-order valence-electron chi connectivity index (χ2n) is 2.01. The van der Waals surface area contributed by atoms with Gasteiger partial charge in [0, 0.05) is 10.7 Å². The van der Waals surface area contributed by atoms with Crippen LogP contribution >= 0.6 is 15.9 Å². The van der Waals surface area contributed by atoms with E-state index in [2.05, 4.69) is 32.8 Å². The minimum atomic E-state index is 0.235. The van der Waals surface area contributed by atoms with Gasteiger partial charge in [0.25, 0.3) is 0 Å². The van der Waals surface area contributed by atoms with Gasteiger partial charge in [0.1, 0.15) is 0 Å². The van der Waals surface area contributed by atoms with Crippen molar-refractivity contribution in [2.45, 2.75) is 12.5 Å². The van der Waals surface area contributed by atoms with E-state index < -0.39 is 0 Å². The topological polar surface area (TPSA) is 24.4 Å². The van der Waals surface area contributed by atoms with Gasteiger partial charge in [-0.2, -0.15) is 0 Å². The Morgan fingerprint density at radius 2 is 2.70 bits per heavy atom. The molecule has 1 rings (SSSR count). The molecule has 0 saturated heterocycles. The molecule has 0 radical (unpaired) electrons. The molecule has 1 heterocycles. The molecule has 1 atom stereocenters. The number of rotatable bonds is 2. The van der Waals surface area contributed by atoms with Crippen molar-refractivity contribution in [2.24, 2.45) is 4.99 Å². The molecule has 0 aromatic rings. The van der Waals surface area contributed by atoms with Crippen LogP contribution in [0.2, 0.25) is 0 Å². The molecule has 0 aliphatic carbocycles. The van der Waals surface area contributed by atoms with Crippen molar-refractivity contribution < 1.29 is 0 Å². The first-order chi connectivity index (χ1) is 4.84. The van der Waals surface area contributed by atoms with Crippen LogP contribution in [0.1, 0.15) is 6.42 Å². The van der Waals surface area contributed by atoms with Crippen molar-refractivity contribution in [1.29, 1.82) is 0 Å². The fraction of sp³-hybridized carbons (Fsp3) is 0.286. The Bertz CT molecular complexity index is 184. The lowest BCUT2D eigenvalue weighted by Gasteiger charge is -2.12. The summed E-state index contributed by atoms with van der Waals surface area (Å²) < 4.78 is 1.08. The monoisotopic (exact) mass is 200 g/mol. The molecule has 1 aliphatic heterocycles. The first kappa shape index (κ1) is 7.54. The van der Waals surface area contributed by atoms with Crippen molar-refractivity contribution in [3.63, 3.8) is 0 Å². The summed E-state index contributed by atoms with van der Waals surface area (Å²) in [4.78, 5) is 4.18. The zero-order valence-corrected chi connectivity index (χ0v) is 7.13. The third kappa shape index (κ3) is 1.70. The van der Waals surface area contributed by atoms with E-state index in [9.17, 15) is 0 Å². The Kier molecular flexibility index (Phi) is 2.68. The van der Waals surface area contributed by atoms with Crippen LogP contribution in [0.15, 0.2) is 28.3 Å². The maximum Gasteiger partial charge on any atom is 0.0879 e. The van der Waals surface area contributed by atoms with Gasteiger partial charge < -0.3 is 5.32 Å². The van der Waals surface area contributed by atoms with Crippen LogP contribution in [0.4, 0.5) is 0 Å². The van der Waals surface area contributed by atoms with E-state index in [-0.39, 0.29) is 6.04 Å². The molecule has 0 aromatic carbocycles. The van der Waals surface area contributed by atoms with E-state index in [1.165, 1.54) is 0 Å². The summed E-state index contributed by atoms with van der Waals surface area (Å²) in [5, 5.41) is 2.89. The predicted molar refractivity (Wildman–Crippen MR) is 47.2 cm³/mol. The van der Waals surface area contributed by atoms with Crippen LogP contribution in [0, 0.1) is 0 Å². The van der Waals surface area contributed by atoms with E-state index >= 15 is 0 Å². The van der Waals surface area contributed by atoms with Gasteiger partial charge in [-0.15, -0.1) is 6.58 Å². The lowest BCUT2D eigenvalue weighted by molar-refractivity contribution is 0.809. The van der Waals surface area contributed by atoms with E-state index in [1.807, 2.05) is 12.3 Å². The molecule has 54 valence electrons. The summed E-state index contributed by atoms with van der Waals surface area (Å²) in [6.07, 6.45) is 6.33. The van der Waals surface area contributed by atoms with E-state index in [0.717, 1.165) is 10.9 Å². The zero-order chi connectivity index (χ0) is 7.40. The molecule has 0 bridgehead atoms. The SMILES string of the molecule is C=CCC1N=CNC=C1Br. The Balaban J connectivity index is 2.56. The van der Waals surface area contributed by atoms with Gasteiger partial charge in [0.15, 0.2) is 0 Å². The highest BCUT2D eigenvalue weighted by atomic mass is 79.9. The minimum absolute atomic E-state index is 0.235. The van der Waals surface area contributed by atoms with Gasteiger partial charge >= 0.3 is 0 Å². The molecule has 3 heteroatoms. The summed E-state index contributed by atoms with van der Waals surface area (Å²) in [7, 11) is 0. The van der Waals surface area contributed by atoms with E-state index in [4.69, 9.17) is 0 Å². The third-order valence-corrected chi connectivity index (χ3v) is 2.02. The standard InChI is InChI=1S/C7H9BrN2/c1-2-3-7-6(8)4-9-5-10-7/h2,4-5,7H,1,3H2,(H,9,10). The smallest absolute Gasteiger partial charge is 0.0879 e. The van der Waals surface area contributed by atoms with Crippen LogP contribution in [0.5, 0.6) is 0 Å². The van der Waals surface area contributed by atoms with Crippen molar-refractivity contribution in [1.82, 2.24) is 5.32 Å². The molecule has 0 spiro atoms. The number of aliphatic imine (C=N–C) groups is 1. The van der Waals surface area contributed by atoms with Gasteiger partial charge in [0.2, 0.25) is 0 Å². The van der Waals surface area contributed by atoms with Crippen LogP contribution in [0.25, 0.3) is 0 Å². The van der Waals surface area contributed by atoms with Crippen molar-refractivity contribution >= 4 is 22.3 Å². The molecule has 1 unspecified atom stereocenters. The molecular weight excluding hydrogens is 192 g/mol. The number of nitrogens with one attached hydrogen (secondary N) is 1. The summed E-state index contributed by atoms with van der Waals surface area (Å²) in [6, 6.07) is 0.235. The van der Waals surface area contributed by atoms with E-state index in [1.54, 1.807) is 6.34 Å². The quantitative estimate of drug-likeness (QED) is 0.676. The van der Waals surface area contributed by atoms with Gasteiger partial charge in [-0.05, 0) is 6.42 Å². The van der Waals surface area contributed by atoms with Crippen LogP contribution < -0.4 is 5.32 Å². The second-order valence-corrected chi connectivity index (χ2v) is 2.93. The lowest BCUT2D eigenvalue weighted by atomic mass is 10.2. The highest BCUT2D eigenvalue weighted by molar-refractivity contribution is 9.11. The minimum Gasteiger partial charge on any atom is -0.352 e. The number of nitrogens with zero attached hydrogens (tertiary/aromatic N) is 1. The Morgan fingerprint density at radius 1 is 1.90 bits per heavy atom. The molecule has 10 heavy (non-hydrogen) atoms. The lowest BCUT2D eigenvalue weighted by Crippen LogP contribution is -2.15. The molecule has 1 N–H and O–H groups in total. The fourth-order valence-corrected chi connectivity index (χ4v) is 1.19. The van der Waals surface area contributed by atoms with Crippen LogP contribution in [-0.2, 0) is 0 Å². The van der Waals surface area contributed by atoms with Crippen molar-refractivity contribution in [3.05, 3.63) is 23.3 Å². The first-order valence-electron chi connectivity index (χ1n) is 3.08. The molecular formula is C7H9BrN2. The Labute approximate surface area is 68.9 Å². The second kappa shape index (κ2) is 3.56. The van der Waals surface area contributed by atoms with Gasteiger partial charge in [-0.1, -0.05) is 22.0 Å². The molecule has 1 aliphatic rings. The van der Waals surface area contributed by atoms with Crippen LogP contribution in [0.3, 0.4) is 0 Å². The predicted octanol–water partition coefficient (Wildman–Crippen LogP) is 1.80. The summed E-state index contributed by atoms with van der Waals surface area (Å²) >= 11 is 3.39. The summed E-state index contributed by atoms with van der Waals surface area (Å²) in [6.45, 7) is 3.65. The maximum absolute atomic E-state index is 4.18. The van der Waals surface area contributed by atoms with Crippen molar-refractivity contribution in [3.8, 4) is 0 Å². The largest absolute Gasteiger partial charge is 0.352 e. The zero-order valence-electron chi connectivity index (χ0n) is 5.55. The molecule has 2 nitrogen and oxygen atoms in total. The summed E-state index contributed by atoms with van der Waals surface area (Å²) in [5.41, 5.74) is 0. The highest BCUT2D eigenvalue weighted by Gasteiger charge is 2.09. The van der Waals surface area contributed by atoms with Gasteiger partial charge in [-0.3, -0.25) is 4.99 Å². The van der Waals surface area contributed by atoms with Gasteiger partial charge in [-0.25, -0.2) is 0 Å².